The van der Waals surface area contributed by atoms with Crippen LogP contribution < -0.4 is 0 Å². The van der Waals surface area contributed by atoms with E-state index in [2.05, 4.69) is 0 Å². The molecule has 3 heteroatoms. The van der Waals surface area contributed by atoms with Crippen molar-refractivity contribution in [3.63, 3.8) is 0 Å². The van der Waals surface area contributed by atoms with Crippen molar-refractivity contribution in [1.82, 2.24) is 4.90 Å². The Labute approximate surface area is 114 Å². The first-order chi connectivity index (χ1) is 8.72. The summed E-state index contributed by atoms with van der Waals surface area (Å²) in [6.07, 6.45) is 2.22. The number of alkyl halides is 1. The Morgan fingerprint density at radius 1 is 1.44 bits per heavy atom. The summed E-state index contributed by atoms with van der Waals surface area (Å²) in [4.78, 5) is 14.4. The maximum atomic E-state index is 12.4. The van der Waals surface area contributed by atoms with E-state index in [4.69, 9.17) is 11.6 Å². The van der Waals surface area contributed by atoms with Crippen LogP contribution in [0.1, 0.15) is 31.2 Å². The fourth-order valence-electron chi connectivity index (χ4n) is 2.55. The van der Waals surface area contributed by atoms with Crippen LogP contribution in [0.5, 0.6) is 0 Å². The van der Waals surface area contributed by atoms with E-state index in [1.807, 2.05) is 42.2 Å². The van der Waals surface area contributed by atoms with Crippen LogP contribution in [-0.4, -0.2) is 29.8 Å². The first-order valence-corrected chi connectivity index (χ1v) is 7.15. The van der Waals surface area contributed by atoms with Gasteiger partial charge in [-0.3, -0.25) is 4.79 Å². The van der Waals surface area contributed by atoms with E-state index in [1.54, 1.807) is 0 Å². The predicted molar refractivity (Wildman–Crippen MR) is 74.9 cm³/mol. The summed E-state index contributed by atoms with van der Waals surface area (Å²) in [5, 5.41) is 0. The summed E-state index contributed by atoms with van der Waals surface area (Å²) in [6, 6.07) is 9.98. The summed E-state index contributed by atoms with van der Waals surface area (Å²) in [5.41, 5.74) is 1.09. The quantitative estimate of drug-likeness (QED) is 0.768. The molecular formula is C15H20ClNO. The number of hydrogen-bond donors (Lipinski definition) is 0. The molecule has 18 heavy (non-hydrogen) atoms. The molecule has 0 N–H and O–H groups in total. The molecule has 2 unspecified atom stereocenters. The van der Waals surface area contributed by atoms with Crippen LogP contribution in [0.25, 0.3) is 0 Å². The molecule has 0 aromatic heterocycles. The highest BCUT2D eigenvalue weighted by Crippen LogP contribution is 2.23. The third kappa shape index (κ3) is 3.05. The van der Waals surface area contributed by atoms with Crippen LogP contribution in [-0.2, 0) is 4.79 Å². The Kier molecular flexibility index (Phi) is 4.65. The lowest BCUT2D eigenvalue weighted by Gasteiger charge is -2.33. The van der Waals surface area contributed by atoms with Crippen molar-refractivity contribution < 1.29 is 4.79 Å². The van der Waals surface area contributed by atoms with E-state index in [0.717, 1.165) is 31.5 Å². The minimum atomic E-state index is -0.0553. The molecule has 1 heterocycles. The Hall–Kier alpha value is -1.02. The van der Waals surface area contributed by atoms with Crippen molar-refractivity contribution in [3.05, 3.63) is 35.9 Å². The number of likely N-dealkylation sites (tertiary alicyclic amines) is 1. The van der Waals surface area contributed by atoms with Gasteiger partial charge in [0, 0.05) is 19.0 Å². The molecule has 2 nitrogen and oxygen atoms in total. The minimum Gasteiger partial charge on any atom is -0.342 e. The van der Waals surface area contributed by atoms with Crippen LogP contribution >= 0.6 is 11.6 Å². The summed E-state index contributed by atoms with van der Waals surface area (Å²) in [7, 11) is 0. The van der Waals surface area contributed by atoms with Gasteiger partial charge < -0.3 is 4.90 Å². The van der Waals surface area contributed by atoms with Gasteiger partial charge in [0.2, 0.25) is 5.91 Å². The molecule has 98 valence electrons. The highest BCUT2D eigenvalue weighted by Gasteiger charge is 2.26. The monoisotopic (exact) mass is 265 g/mol. The van der Waals surface area contributed by atoms with Crippen molar-refractivity contribution in [2.75, 3.05) is 19.0 Å². The number of carbonyl (C=O) groups is 1. The normalized spacial score (nSPS) is 21.7. The average Bonchev–Trinajstić information content (AvgIpc) is 2.46. The van der Waals surface area contributed by atoms with Crippen molar-refractivity contribution in [3.8, 4) is 0 Å². The van der Waals surface area contributed by atoms with Crippen LogP contribution in [0.3, 0.4) is 0 Å². The number of amides is 1. The maximum absolute atomic E-state index is 12.4. The molecule has 1 saturated heterocycles. The van der Waals surface area contributed by atoms with Gasteiger partial charge in [0.25, 0.3) is 0 Å². The Morgan fingerprint density at radius 3 is 2.83 bits per heavy atom. The number of carbonyl (C=O) groups excluding carboxylic acids is 1. The van der Waals surface area contributed by atoms with Gasteiger partial charge in [-0.1, -0.05) is 30.3 Å². The van der Waals surface area contributed by atoms with E-state index < -0.39 is 0 Å². The van der Waals surface area contributed by atoms with Crippen molar-refractivity contribution in [1.29, 1.82) is 0 Å². The van der Waals surface area contributed by atoms with E-state index in [-0.39, 0.29) is 11.8 Å². The Morgan fingerprint density at radius 2 is 2.17 bits per heavy atom. The molecule has 1 aliphatic rings. The summed E-state index contributed by atoms with van der Waals surface area (Å²) >= 11 is 5.91. The molecule has 1 aromatic rings. The first-order valence-electron chi connectivity index (χ1n) is 6.62. The molecule has 1 fully saturated rings. The lowest BCUT2D eigenvalue weighted by atomic mass is 9.95. The molecule has 0 radical (unpaired) electrons. The van der Waals surface area contributed by atoms with Gasteiger partial charge in [-0.15, -0.1) is 11.6 Å². The van der Waals surface area contributed by atoms with Crippen molar-refractivity contribution >= 4 is 17.5 Å². The van der Waals surface area contributed by atoms with Crippen molar-refractivity contribution in [2.45, 2.75) is 25.7 Å². The number of rotatable bonds is 3. The standard InChI is InChI=1S/C15H20ClNO/c1-12(14-7-3-2-4-8-14)15(18)17-9-5-6-13(10-16)11-17/h2-4,7-8,12-13H,5-6,9-11H2,1H3. The molecule has 0 aliphatic carbocycles. The number of halogens is 1. The second-order valence-electron chi connectivity index (χ2n) is 5.08. The zero-order valence-electron chi connectivity index (χ0n) is 10.8. The second-order valence-corrected chi connectivity index (χ2v) is 5.39. The van der Waals surface area contributed by atoms with Crippen LogP contribution in [0.15, 0.2) is 30.3 Å². The zero-order valence-corrected chi connectivity index (χ0v) is 11.6. The molecule has 1 amide bonds. The smallest absolute Gasteiger partial charge is 0.229 e. The number of piperidine rings is 1. The van der Waals surface area contributed by atoms with E-state index in [0.29, 0.717) is 11.8 Å². The van der Waals surface area contributed by atoms with E-state index in [1.165, 1.54) is 0 Å². The van der Waals surface area contributed by atoms with Gasteiger partial charge in [0.1, 0.15) is 0 Å². The van der Waals surface area contributed by atoms with Crippen LogP contribution in [0.4, 0.5) is 0 Å². The van der Waals surface area contributed by atoms with E-state index in [9.17, 15) is 4.79 Å². The van der Waals surface area contributed by atoms with Crippen LogP contribution in [0, 0.1) is 5.92 Å². The van der Waals surface area contributed by atoms with Gasteiger partial charge >= 0.3 is 0 Å². The highest BCUT2D eigenvalue weighted by atomic mass is 35.5. The van der Waals surface area contributed by atoms with Crippen molar-refractivity contribution in [2.24, 2.45) is 5.92 Å². The summed E-state index contributed by atoms with van der Waals surface area (Å²) in [6.45, 7) is 3.69. The molecule has 2 rings (SSSR count). The lowest BCUT2D eigenvalue weighted by Crippen LogP contribution is -2.42. The van der Waals surface area contributed by atoms with Gasteiger partial charge in [-0.05, 0) is 31.2 Å². The molecular weight excluding hydrogens is 246 g/mol. The second kappa shape index (κ2) is 6.24. The molecule has 0 bridgehead atoms. The Balaban J connectivity index is 2.02. The molecule has 0 saturated carbocycles. The number of nitrogens with zero attached hydrogens (tertiary/aromatic N) is 1. The summed E-state index contributed by atoms with van der Waals surface area (Å²) in [5.74, 6) is 1.30. The predicted octanol–water partition coefficient (Wildman–Crippen LogP) is 3.27. The largest absolute Gasteiger partial charge is 0.342 e. The minimum absolute atomic E-state index is 0.0553. The van der Waals surface area contributed by atoms with Gasteiger partial charge in [0.15, 0.2) is 0 Å². The topological polar surface area (TPSA) is 20.3 Å². The maximum Gasteiger partial charge on any atom is 0.229 e. The van der Waals surface area contributed by atoms with Gasteiger partial charge in [-0.2, -0.15) is 0 Å². The molecule has 1 aromatic carbocycles. The third-order valence-electron chi connectivity index (χ3n) is 3.72. The first kappa shape index (κ1) is 13.4. The number of hydrogen-bond acceptors (Lipinski definition) is 1. The van der Waals surface area contributed by atoms with Gasteiger partial charge in [-0.25, -0.2) is 0 Å². The fraction of sp³-hybridized carbons (Fsp3) is 0.533. The summed E-state index contributed by atoms with van der Waals surface area (Å²) < 4.78 is 0. The van der Waals surface area contributed by atoms with E-state index >= 15 is 0 Å². The third-order valence-corrected chi connectivity index (χ3v) is 4.16. The van der Waals surface area contributed by atoms with Crippen LogP contribution in [0.2, 0.25) is 0 Å². The molecule has 0 spiro atoms. The Bertz CT molecular complexity index is 393. The molecule has 1 aliphatic heterocycles. The zero-order chi connectivity index (χ0) is 13.0. The lowest BCUT2D eigenvalue weighted by molar-refractivity contribution is -0.134. The van der Waals surface area contributed by atoms with Gasteiger partial charge in [0.05, 0.1) is 5.92 Å². The molecule has 2 atom stereocenters. The average molecular weight is 266 g/mol. The fourth-order valence-corrected chi connectivity index (χ4v) is 2.80. The number of benzene rings is 1. The highest BCUT2D eigenvalue weighted by molar-refractivity contribution is 6.18. The SMILES string of the molecule is CC(C(=O)N1CCCC(CCl)C1)c1ccccc1.